The highest BCUT2D eigenvalue weighted by molar-refractivity contribution is 5.41. The molecular formula is C13H12F2N2O. The van der Waals surface area contributed by atoms with E-state index in [0.717, 1.165) is 11.3 Å². The molecule has 0 spiro atoms. The van der Waals surface area contributed by atoms with Crippen molar-refractivity contribution in [2.75, 3.05) is 5.32 Å². The minimum atomic E-state index is -2.79. The first-order valence-electron chi connectivity index (χ1n) is 5.42. The van der Waals surface area contributed by atoms with E-state index in [1.165, 1.54) is 12.1 Å². The third-order valence-corrected chi connectivity index (χ3v) is 2.31. The summed E-state index contributed by atoms with van der Waals surface area (Å²) >= 11 is 0. The van der Waals surface area contributed by atoms with Gasteiger partial charge in [0.2, 0.25) is 0 Å². The smallest absolute Gasteiger partial charge is 0.387 e. The Morgan fingerprint density at radius 2 is 1.94 bits per heavy atom. The fraction of sp³-hybridized carbons (Fsp3) is 0.154. The van der Waals surface area contributed by atoms with Crippen LogP contribution in [0.5, 0.6) is 5.75 Å². The summed E-state index contributed by atoms with van der Waals surface area (Å²) < 4.78 is 28.2. The molecule has 0 atom stereocenters. The predicted molar refractivity (Wildman–Crippen MR) is 64.6 cm³/mol. The average Bonchev–Trinajstić information content (AvgIpc) is 2.38. The van der Waals surface area contributed by atoms with Gasteiger partial charge in [-0.25, -0.2) is 0 Å². The lowest BCUT2D eigenvalue weighted by atomic mass is 10.2. The van der Waals surface area contributed by atoms with Gasteiger partial charge in [0.25, 0.3) is 0 Å². The maximum Gasteiger partial charge on any atom is 0.387 e. The number of rotatable bonds is 5. The van der Waals surface area contributed by atoms with Crippen LogP contribution >= 0.6 is 0 Å². The summed E-state index contributed by atoms with van der Waals surface area (Å²) in [5, 5.41) is 3.17. The summed E-state index contributed by atoms with van der Waals surface area (Å²) in [7, 11) is 0. The quantitative estimate of drug-likeness (QED) is 0.884. The van der Waals surface area contributed by atoms with Gasteiger partial charge in [0.15, 0.2) is 0 Å². The van der Waals surface area contributed by atoms with Crippen LogP contribution in [0.1, 0.15) is 5.56 Å². The Morgan fingerprint density at radius 1 is 1.17 bits per heavy atom. The summed E-state index contributed by atoms with van der Waals surface area (Å²) in [6.45, 7) is -2.19. The summed E-state index contributed by atoms with van der Waals surface area (Å²) in [4.78, 5) is 3.98. The van der Waals surface area contributed by atoms with Crippen molar-refractivity contribution in [3.05, 3.63) is 54.4 Å². The standard InChI is InChI=1S/C13H12F2N2O/c14-13(15)18-12-5-3-10(4-6-12)8-17-11-2-1-7-16-9-11/h1-7,9,13,17H,8H2. The second-order valence-corrected chi connectivity index (χ2v) is 3.62. The zero-order valence-electron chi connectivity index (χ0n) is 9.51. The molecule has 1 aromatic carbocycles. The Morgan fingerprint density at radius 3 is 2.56 bits per heavy atom. The molecule has 1 N–H and O–H groups in total. The van der Waals surface area contributed by atoms with Gasteiger partial charge in [-0.2, -0.15) is 8.78 Å². The second kappa shape index (κ2) is 5.95. The Labute approximate surface area is 103 Å². The molecular weight excluding hydrogens is 238 g/mol. The molecule has 18 heavy (non-hydrogen) atoms. The number of pyridine rings is 1. The minimum Gasteiger partial charge on any atom is -0.435 e. The molecule has 1 heterocycles. The molecule has 2 aromatic rings. The summed E-state index contributed by atoms with van der Waals surface area (Å²) in [5.41, 5.74) is 1.88. The highest BCUT2D eigenvalue weighted by atomic mass is 19.3. The van der Waals surface area contributed by atoms with E-state index >= 15 is 0 Å². The van der Waals surface area contributed by atoms with Gasteiger partial charge in [-0.05, 0) is 29.8 Å². The van der Waals surface area contributed by atoms with Crippen molar-refractivity contribution in [2.45, 2.75) is 13.2 Å². The van der Waals surface area contributed by atoms with Crippen molar-refractivity contribution in [3.8, 4) is 5.75 Å². The van der Waals surface area contributed by atoms with E-state index in [2.05, 4.69) is 15.0 Å². The SMILES string of the molecule is FC(F)Oc1ccc(CNc2cccnc2)cc1. The van der Waals surface area contributed by atoms with Crippen molar-refractivity contribution in [1.29, 1.82) is 0 Å². The largest absolute Gasteiger partial charge is 0.435 e. The molecule has 1 aromatic heterocycles. The van der Waals surface area contributed by atoms with Crippen LogP contribution in [0, 0.1) is 0 Å². The molecule has 0 saturated heterocycles. The number of alkyl halides is 2. The number of aromatic nitrogens is 1. The summed E-state index contributed by atoms with van der Waals surface area (Å²) in [5.74, 6) is 0.162. The van der Waals surface area contributed by atoms with Crippen molar-refractivity contribution < 1.29 is 13.5 Å². The second-order valence-electron chi connectivity index (χ2n) is 3.62. The van der Waals surface area contributed by atoms with E-state index in [-0.39, 0.29) is 5.75 Å². The number of hydrogen-bond donors (Lipinski definition) is 1. The number of nitrogens with one attached hydrogen (secondary N) is 1. The fourth-order valence-corrected chi connectivity index (χ4v) is 1.46. The van der Waals surface area contributed by atoms with Crippen LogP contribution in [0.25, 0.3) is 0 Å². The molecule has 0 saturated carbocycles. The van der Waals surface area contributed by atoms with Gasteiger partial charge in [-0.3, -0.25) is 4.98 Å². The number of benzene rings is 1. The Kier molecular flexibility index (Phi) is 4.06. The van der Waals surface area contributed by atoms with Crippen LogP contribution < -0.4 is 10.1 Å². The van der Waals surface area contributed by atoms with E-state index in [1.807, 2.05) is 12.1 Å². The van der Waals surface area contributed by atoms with Crippen molar-refractivity contribution in [2.24, 2.45) is 0 Å². The van der Waals surface area contributed by atoms with Crippen molar-refractivity contribution in [1.82, 2.24) is 4.98 Å². The van der Waals surface area contributed by atoms with Gasteiger partial charge < -0.3 is 10.1 Å². The van der Waals surface area contributed by atoms with Crippen LogP contribution in [0.4, 0.5) is 14.5 Å². The first-order valence-corrected chi connectivity index (χ1v) is 5.42. The predicted octanol–water partition coefficient (Wildman–Crippen LogP) is 3.30. The zero-order valence-corrected chi connectivity index (χ0v) is 9.51. The molecule has 0 bridgehead atoms. The van der Waals surface area contributed by atoms with Gasteiger partial charge in [-0.1, -0.05) is 12.1 Å². The van der Waals surface area contributed by atoms with Crippen molar-refractivity contribution in [3.63, 3.8) is 0 Å². The van der Waals surface area contributed by atoms with Gasteiger partial charge in [0.05, 0.1) is 5.69 Å². The molecule has 2 rings (SSSR count). The fourth-order valence-electron chi connectivity index (χ4n) is 1.46. The number of halogens is 2. The van der Waals surface area contributed by atoms with Gasteiger partial charge in [0.1, 0.15) is 5.75 Å². The Bertz CT molecular complexity index is 474. The first-order chi connectivity index (χ1) is 8.74. The van der Waals surface area contributed by atoms with E-state index in [9.17, 15) is 8.78 Å². The molecule has 0 fully saturated rings. The van der Waals surface area contributed by atoms with E-state index in [0.29, 0.717) is 6.54 Å². The Balaban J connectivity index is 1.90. The van der Waals surface area contributed by atoms with Crippen LogP contribution in [0.3, 0.4) is 0 Å². The van der Waals surface area contributed by atoms with Crippen molar-refractivity contribution >= 4 is 5.69 Å². The molecule has 3 nitrogen and oxygen atoms in total. The highest BCUT2D eigenvalue weighted by Crippen LogP contribution is 2.15. The lowest BCUT2D eigenvalue weighted by Gasteiger charge is -2.07. The Hall–Kier alpha value is -2.17. The normalized spacial score (nSPS) is 10.4. The maximum absolute atomic E-state index is 11.9. The zero-order chi connectivity index (χ0) is 12.8. The first kappa shape index (κ1) is 12.3. The van der Waals surface area contributed by atoms with Gasteiger partial charge in [0, 0.05) is 18.9 Å². The average molecular weight is 250 g/mol. The molecule has 0 amide bonds. The van der Waals surface area contributed by atoms with Crippen LogP contribution in [0.2, 0.25) is 0 Å². The number of anilines is 1. The van der Waals surface area contributed by atoms with Crippen LogP contribution in [-0.4, -0.2) is 11.6 Å². The number of hydrogen-bond acceptors (Lipinski definition) is 3. The lowest BCUT2D eigenvalue weighted by Crippen LogP contribution is -2.02. The minimum absolute atomic E-state index is 0.162. The van der Waals surface area contributed by atoms with Gasteiger partial charge >= 0.3 is 6.61 Å². The highest BCUT2D eigenvalue weighted by Gasteiger charge is 2.03. The summed E-state index contributed by atoms with van der Waals surface area (Å²) in [6.07, 6.45) is 3.41. The number of ether oxygens (including phenoxy) is 1. The number of nitrogens with zero attached hydrogens (tertiary/aromatic N) is 1. The molecule has 0 aliphatic carbocycles. The molecule has 0 radical (unpaired) electrons. The van der Waals surface area contributed by atoms with Gasteiger partial charge in [-0.15, -0.1) is 0 Å². The third-order valence-electron chi connectivity index (χ3n) is 2.31. The monoisotopic (exact) mass is 250 g/mol. The summed E-state index contributed by atoms with van der Waals surface area (Å²) in [6, 6.07) is 10.3. The molecule has 94 valence electrons. The van der Waals surface area contributed by atoms with E-state index in [4.69, 9.17) is 0 Å². The molecule has 5 heteroatoms. The molecule has 0 unspecified atom stereocenters. The van der Waals surface area contributed by atoms with Crippen LogP contribution in [0.15, 0.2) is 48.8 Å². The molecule has 0 aliphatic heterocycles. The van der Waals surface area contributed by atoms with E-state index in [1.54, 1.807) is 24.5 Å². The van der Waals surface area contributed by atoms with E-state index < -0.39 is 6.61 Å². The molecule has 0 aliphatic rings. The topological polar surface area (TPSA) is 34.1 Å². The maximum atomic E-state index is 11.9. The third kappa shape index (κ3) is 3.69. The lowest BCUT2D eigenvalue weighted by molar-refractivity contribution is -0.0498. The van der Waals surface area contributed by atoms with Crippen LogP contribution in [-0.2, 0) is 6.54 Å².